The molecule has 94 valence electrons. The molecular weight excluding hydrogens is 285 g/mol. The van der Waals surface area contributed by atoms with E-state index in [2.05, 4.69) is 5.10 Å². The van der Waals surface area contributed by atoms with Gasteiger partial charge in [-0.1, -0.05) is 23.2 Å². The van der Waals surface area contributed by atoms with Crippen LogP contribution in [0.15, 0.2) is 27.5 Å². The molecular formula is C9H5Cl2N3O4. The van der Waals surface area contributed by atoms with Crippen LogP contribution in [-0.2, 0) is 6.54 Å². The lowest BCUT2D eigenvalue weighted by molar-refractivity contribution is -0.402. The molecule has 18 heavy (non-hydrogen) atoms. The second-order valence-corrected chi connectivity index (χ2v) is 4.05. The number of hydrogen-bond donors (Lipinski definition) is 0. The molecule has 0 spiro atoms. The van der Waals surface area contributed by atoms with E-state index in [-0.39, 0.29) is 22.4 Å². The molecule has 0 saturated heterocycles. The number of aromatic nitrogens is 2. The first-order valence-electron chi connectivity index (χ1n) is 4.63. The van der Waals surface area contributed by atoms with Crippen molar-refractivity contribution in [2.45, 2.75) is 6.54 Å². The predicted molar refractivity (Wildman–Crippen MR) is 63.0 cm³/mol. The van der Waals surface area contributed by atoms with E-state index < -0.39 is 16.4 Å². The second kappa shape index (κ2) is 4.79. The number of nitrogens with zero attached hydrogens (tertiary/aromatic N) is 3. The standard InChI is InChI=1S/C9H5Cl2N3O4/c10-6-3-12-13(9(15)8(6)11)4-5-1-2-7(18-5)14(16)17/h1-3H,4H2. The van der Waals surface area contributed by atoms with E-state index in [1.165, 1.54) is 18.3 Å². The normalized spacial score (nSPS) is 10.6. The van der Waals surface area contributed by atoms with Crippen molar-refractivity contribution in [3.8, 4) is 0 Å². The van der Waals surface area contributed by atoms with Gasteiger partial charge in [0, 0.05) is 0 Å². The first kappa shape index (κ1) is 12.6. The molecule has 0 saturated carbocycles. The molecule has 0 radical (unpaired) electrons. The van der Waals surface area contributed by atoms with E-state index in [1.807, 2.05) is 0 Å². The molecule has 2 aromatic rings. The summed E-state index contributed by atoms with van der Waals surface area (Å²) in [5.74, 6) is -0.187. The number of hydrogen-bond acceptors (Lipinski definition) is 5. The zero-order valence-corrected chi connectivity index (χ0v) is 10.2. The van der Waals surface area contributed by atoms with Crippen LogP contribution in [0.3, 0.4) is 0 Å². The van der Waals surface area contributed by atoms with E-state index >= 15 is 0 Å². The molecule has 0 N–H and O–H groups in total. The van der Waals surface area contributed by atoms with Gasteiger partial charge in [0.25, 0.3) is 5.56 Å². The van der Waals surface area contributed by atoms with Gasteiger partial charge in [0.1, 0.15) is 22.3 Å². The summed E-state index contributed by atoms with van der Waals surface area (Å²) in [6.45, 7) is -0.0659. The highest BCUT2D eigenvalue weighted by Crippen LogP contribution is 2.17. The summed E-state index contributed by atoms with van der Waals surface area (Å²) in [6, 6.07) is 2.58. The summed E-state index contributed by atoms with van der Waals surface area (Å²) in [4.78, 5) is 21.4. The monoisotopic (exact) mass is 289 g/mol. The van der Waals surface area contributed by atoms with Crippen LogP contribution in [0.2, 0.25) is 10.0 Å². The highest BCUT2D eigenvalue weighted by Gasteiger charge is 2.14. The minimum absolute atomic E-state index is 0.0448. The highest BCUT2D eigenvalue weighted by molar-refractivity contribution is 6.41. The summed E-state index contributed by atoms with van der Waals surface area (Å²) in [5, 5.41) is 14.1. The molecule has 0 aliphatic carbocycles. The molecule has 2 heterocycles. The molecule has 7 nitrogen and oxygen atoms in total. The molecule has 9 heteroatoms. The lowest BCUT2D eigenvalue weighted by Crippen LogP contribution is -2.23. The third-order valence-corrected chi connectivity index (χ3v) is 2.82. The van der Waals surface area contributed by atoms with E-state index in [9.17, 15) is 14.9 Å². The Balaban J connectivity index is 2.31. The first-order chi connectivity index (χ1) is 8.49. The second-order valence-electron chi connectivity index (χ2n) is 3.27. The Labute approximate surface area is 110 Å². The van der Waals surface area contributed by atoms with Gasteiger partial charge < -0.3 is 4.42 Å². The van der Waals surface area contributed by atoms with Crippen LogP contribution >= 0.6 is 23.2 Å². The lowest BCUT2D eigenvalue weighted by atomic mass is 10.4. The fourth-order valence-electron chi connectivity index (χ4n) is 1.25. The molecule has 2 rings (SSSR count). The van der Waals surface area contributed by atoms with E-state index in [1.54, 1.807) is 0 Å². The highest BCUT2D eigenvalue weighted by atomic mass is 35.5. The SMILES string of the molecule is O=c1c(Cl)c(Cl)cnn1Cc1ccc([N+](=O)[O-])o1. The summed E-state index contributed by atoms with van der Waals surface area (Å²) in [5.41, 5.74) is -0.594. The predicted octanol–water partition coefficient (Wildman–Crippen LogP) is 2.10. The Bertz CT molecular complexity index is 664. The zero-order valence-electron chi connectivity index (χ0n) is 8.67. The topological polar surface area (TPSA) is 91.2 Å². The van der Waals surface area contributed by atoms with Gasteiger partial charge in [-0.3, -0.25) is 14.9 Å². The molecule has 0 bridgehead atoms. The maximum Gasteiger partial charge on any atom is 0.433 e. The minimum atomic E-state index is -0.672. The van der Waals surface area contributed by atoms with Gasteiger partial charge in [-0.2, -0.15) is 5.10 Å². The van der Waals surface area contributed by atoms with Crippen LogP contribution in [0.1, 0.15) is 5.76 Å². The molecule has 0 amide bonds. The summed E-state index contributed by atoms with van der Waals surface area (Å²) >= 11 is 11.3. The number of halogens is 2. The molecule has 0 fully saturated rings. The van der Waals surface area contributed by atoms with Crippen LogP contribution < -0.4 is 5.56 Å². The molecule has 0 atom stereocenters. The van der Waals surface area contributed by atoms with Gasteiger partial charge in [0.05, 0.1) is 17.3 Å². The Hall–Kier alpha value is -1.86. The van der Waals surface area contributed by atoms with Crippen LogP contribution in [0.5, 0.6) is 0 Å². The number of rotatable bonds is 3. The first-order valence-corrected chi connectivity index (χ1v) is 5.39. The Morgan fingerprint density at radius 2 is 2.17 bits per heavy atom. The molecule has 0 unspecified atom stereocenters. The van der Waals surface area contributed by atoms with E-state index in [4.69, 9.17) is 27.6 Å². The number of nitro groups is 1. The largest absolute Gasteiger partial charge is 0.433 e. The molecule has 0 aromatic carbocycles. The van der Waals surface area contributed by atoms with Crippen molar-refractivity contribution < 1.29 is 9.34 Å². The van der Waals surface area contributed by atoms with Crippen LogP contribution in [0.25, 0.3) is 0 Å². The van der Waals surface area contributed by atoms with Crippen molar-refractivity contribution in [3.05, 3.63) is 54.6 Å². The maximum absolute atomic E-state index is 11.6. The third-order valence-electron chi connectivity index (χ3n) is 2.08. The fraction of sp³-hybridized carbons (Fsp3) is 0.111. The van der Waals surface area contributed by atoms with Crippen molar-refractivity contribution in [2.75, 3.05) is 0 Å². The lowest BCUT2D eigenvalue weighted by Gasteiger charge is -2.02. The van der Waals surface area contributed by atoms with Gasteiger partial charge in [-0.05, 0) is 6.07 Å². The van der Waals surface area contributed by atoms with Crippen LogP contribution in [-0.4, -0.2) is 14.7 Å². The van der Waals surface area contributed by atoms with Crippen molar-refractivity contribution in [3.63, 3.8) is 0 Å². The van der Waals surface area contributed by atoms with Gasteiger partial charge in [0.15, 0.2) is 0 Å². The average Bonchev–Trinajstić information content (AvgIpc) is 2.79. The summed E-state index contributed by atoms with van der Waals surface area (Å²) in [6.07, 6.45) is 1.21. The maximum atomic E-state index is 11.6. The fourth-order valence-corrected chi connectivity index (χ4v) is 1.53. The Morgan fingerprint density at radius 3 is 2.78 bits per heavy atom. The molecule has 0 aliphatic rings. The number of furan rings is 1. The Morgan fingerprint density at radius 1 is 1.44 bits per heavy atom. The van der Waals surface area contributed by atoms with E-state index in [0.29, 0.717) is 0 Å². The smallest absolute Gasteiger partial charge is 0.404 e. The van der Waals surface area contributed by atoms with Gasteiger partial charge in [-0.15, -0.1) is 0 Å². The van der Waals surface area contributed by atoms with Crippen molar-refractivity contribution in [2.24, 2.45) is 0 Å². The Kier molecular flexibility index (Phi) is 3.35. The van der Waals surface area contributed by atoms with Gasteiger partial charge in [0.2, 0.25) is 0 Å². The van der Waals surface area contributed by atoms with Crippen molar-refractivity contribution in [1.29, 1.82) is 0 Å². The van der Waals surface area contributed by atoms with Crippen LogP contribution in [0.4, 0.5) is 5.88 Å². The summed E-state index contributed by atoms with van der Waals surface area (Å²) in [7, 11) is 0. The van der Waals surface area contributed by atoms with Crippen molar-refractivity contribution in [1.82, 2.24) is 9.78 Å². The minimum Gasteiger partial charge on any atom is -0.404 e. The van der Waals surface area contributed by atoms with Gasteiger partial charge >= 0.3 is 5.88 Å². The quantitative estimate of drug-likeness (QED) is 0.637. The van der Waals surface area contributed by atoms with E-state index in [0.717, 1.165) is 4.68 Å². The third kappa shape index (κ3) is 2.36. The van der Waals surface area contributed by atoms with Crippen LogP contribution in [0, 0.1) is 10.1 Å². The van der Waals surface area contributed by atoms with Crippen molar-refractivity contribution >= 4 is 29.1 Å². The average molecular weight is 290 g/mol. The summed E-state index contributed by atoms with van der Waals surface area (Å²) < 4.78 is 5.90. The molecule has 2 aromatic heterocycles. The molecule has 0 aliphatic heterocycles. The zero-order chi connectivity index (χ0) is 13.3. The van der Waals surface area contributed by atoms with Gasteiger partial charge in [-0.25, -0.2) is 4.68 Å².